The lowest BCUT2D eigenvalue weighted by atomic mass is 10.1. The number of nitrogens with two attached hydrogens (primary N) is 1. The van der Waals surface area contributed by atoms with Gasteiger partial charge in [0.25, 0.3) is 0 Å². The van der Waals surface area contributed by atoms with Gasteiger partial charge in [-0.05, 0) is 12.8 Å². The Morgan fingerprint density at radius 2 is 1.69 bits per heavy atom. The minimum Gasteiger partial charge on any atom is -0.480 e. The summed E-state index contributed by atoms with van der Waals surface area (Å²) in [6, 6.07) is -0.713. The predicted molar refractivity (Wildman–Crippen MR) is 61.0 cm³/mol. The van der Waals surface area contributed by atoms with E-state index in [4.69, 9.17) is 10.8 Å². The number of carboxylic acid groups (broad SMARTS) is 1. The molecule has 0 amide bonds. The van der Waals surface area contributed by atoms with Gasteiger partial charge in [0, 0.05) is 6.42 Å². The van der Waals surface area contributed by atoms with Crippen LogP contribution in [0.15, 0.2) is 0 Å². The lowest BCUT2D eigenvalue weighted by Crippen LogP contribution is -2.34. The molecule has 5 heteroatoms. The second kappa shape index (κ2) is 9.03. The molecule has 0 aromatic rings. The molecule has 94 valence electrons. The third-order valence-electron chi connectivity index (χ3n) is 1.84. The van der Waals surface area contributed by atoms with E-state index >= 15 is 0 Å². The first-order valence-corrected chi connectivity index (χ1v) is 5.21. The van der Waals surface area contributed by atoms with Crippen molar-refractivity contribution in [1.82, 2.24) is 0 Å². The van der Waals surface area contributed by atoms with Crippen molar-refractivity contribution in [2.75, 3.05) is 0 Å². The van der Waals surface area contributed by atoms with Crippen LogP contribution in [0.1, 0.15) is 40.5 Å². The van der Waals surface area contributed by atoms with Gasteiger partial charge >= 0.3 is 5.97 Å². The molecule has 0 fully saturated rings. The van der Waals surface area contributed by atoms with Crippen molar-refractivity contribution < 1.29 is 19.5 Å². The summed E-state index contributed by atoms with van der Waals surface area (Å²) in [6.07, 6.45) is 0.579. The molecule has 0 unspecified atom stereocenters. The second-order valence-electron chi connectivity index (χ2n) is 3.88. The smallest absolute Gasteiger partial charge is 0.320 e. The zero-order valence-corrected chi connectivity index (χ0v) is 10.3. The third kappa shape index (κ3) is 10.8. The van der Waals surface area contributed by atoms with Gasteiger partial charge in [-0.25, -0.2) is 0 Å². The highest BCUT2D eigenvalue weighted by Crippen LogP contribution is 1.96. The Labute approximate surface area is 96.0 Å². The van der Waals surface area contributed by atoms with Crippen LogP contribution in [-0.4, -0.2) is 28.7 Å². The van der Waals surface area contributed by atoms with E-state index in [1.165, 1.54) is 6.92 Å². The molecule has 0 aliphatic heterocycles. The highest BCUT2D eigenvalue weighted by Gasteiger charge is 2.14. The van der Waals surface area contributed by atoms with Crippen molar-refractivity contribution >= 4 is 17.5 Å². The number of aliphatic carboxylic acids is 1. The fourth-order valence-electron chi connectivity index (χ4n) is 0.688. The molecule has 1 atom stereocenters. The van der Waals surface area contributed by atoms with E-state index in [1.54, 1.807) is 20.8 Å². The Kier molecular flexibility index (Phi) is 9.69. The summed E-state index contributed by atoms with van der Waals surface area (Å²) in [5.41, 5.74) is 5.16. The van der Waals surface area contributed by atoms with E-state index in [0.717, 1.165) is 0 Å². The zero-order valence-electron chi connectivity index (χ0n) is 10.3. The standard InChI is InChI=1S/C6H10O2.C5H11NO2/c1-3-6(8)4-5(2)7;1-3(2)4(6)5(7)8/h3-4H2,1-2H3;3-4H,6H2,1-2H3,(H,7,8)/t;4-/m.0/s1. The molecule has 0 heterocycles. The van der Waals surface area contributed by atoms with Crippen LogP contribution in [0.4, 0.5) is 0 Å². The monoisotopic (exact) mass is 231 g/mol. The van der Waals surface area contributed by atoms with Crippen LogP contribution in [0.2, 0.25) is 0 Å². The highest BCUT2D eigenvalue weighted by molar-refractivity contribution is 5.97. The Bertz CT molecular complexity index is 248. The fourth-order valence-corrected chi connectivity index (χ4v) is 0.688. The number of Topliss-reactive ketones (excluding diaryl/α,β-unsaturated/α-hetero) is 2. The molecule has 0 aliphatic rings. The number of hydrogen-bond acceptors (Lipinski definition) is 4. The zero-order chi connectivity index (χ0) is 13.3. The first-order chi connectivity index (χ1) is 7.22. The van der Waals surface area contributed by atoms with Gasteiger partial charge < -0.3 is 10.8 Å². The van der Waals surface area contributed by atoms with Crippen molar-refractivity contribution in [3.63, 3.8) is 0 Å². The molecule has 5 nitrogen and oxygen atoms in total. The van der Waals surface area contributed by atoms with Crippen molar-refractivity contribution in [2.45, 2.75) is 46.6 Å². The second-order valence-corrected chi connectivity index (χ2v) is 3.88. The van der Waals surface area contributed by atoms with Crippen LogP contribution in [0.5, 0.6) is 0 Å². The minimum atomic E-state index is -0.931. The van der Waals surface area contributed by atoms with Crippen LogP contribution in [0.3, 0.4) is 0 Å². The average molecular weight is 231 g/mol. The Balaban J connectivity index is 0. The summed E-state index contributed by atoms with van der Waals surface area (Å²) in [5, 5.41) is 8.23. The lowest BCUT2D eigenvalue weighted by Gasteiger charge is -2.07. The van der Waals surface area contributed by atoms with Gasteiger partial charge in [0.05, 0.1) is 6.42 Å². The first-order valence-electron chi connectivity index (χ1n) is 5.21. The van der Waals surface area contributed by atoms with Gasteiger partial charge in [-0.1, -0.05) is 20.8 Å². The quantitative estimate of drug-likeness (QED) is 0.688. The summed E-state index contributed by atoms with van der Waals surface area (Å²) in [4.78, 5) is 30.6. The SMILES string of the molecule is CC(C)[C@H](N)C(=O)O.CCC(=O)CC(C)=O. The van der Waals surface area contributed by atoms with E-state index in [0.29, 0.717) is 6.42 Å². The Hall–Kier alpha value is -1.23. The van der Waals surface area contributed by atoms with Crippen LogP contribution < -0.4 is 5.73 Å². The van der Waals surface area contributed by atoms with Gasteiger partial charge in [-0.3, -0.25) is 14.4 Å². The molecule has 0 spiro atoms. The number of ketones is 2. The number of carboxylic acids is 1. The van der Waals surface area contributed by atoms with Gasteiger partial charge in [-0.15, -0.1) is 0 Å². The van der Waals surface area contributed by atoms with E-state index < -0.39 is 12.0 Å². The molecule has 0 saturated heterocycles. The van der Waals surface area contributed by atoms with Gasteiger partial charge in [0.15, 0.2) is 0 Å². The topological polar surface area (TPSA) is 97.5 Å². The van der Waals surface area contributed by atoms with E-state index in [1.807, 2.05) is 0 Å². The molecule has 3 N–H and O–H groups in total. The summed E-state index contributed by atoms with van der Waals surface area (Å²) >= 11 is 0. The molecule has 16 heavy (non-hydrogen) atoms. The van der Waals surface area contributed by atoms with Gasteiger partial charge in [0.1, 0.15) is 17.6 Å². The molecule has 0 saturated carbocycles. The summed E-state index contributed by atoms with van der Waals surface area (Å²) < 4.78 is 0. The summed E-state index contributed by atoms with van der Waals surface area (Å²) in [7, 11) is 0. The highest BCUT2D eigenvalue weighted by atomic mass is 16.4. The third-order valence-corrected chi connectivity index (χ3v) is 1.84. The maximum Gasteiger partial charge on any atom is 0.320 e. The van der Waals surface area contributed by atoms with Crippen molar-refractivity contribution in [2.24, 2.45) is 11.7 Å². The minimum absolute atomic E-state index is 0.0208. The van der Waals surface area contributed by atoms with E-state index in [2.05, 4.69) is 0 Å². The number of carbonyl (C=O) groups excluding carboxylic acids is 2. The summed E-state index contributed by atoms with van der Waals surface area (Å²) in [5.74, 6) is -0.929. The molecule has 0 aromatic heterocycles. The Morgan fingerprint density at radius 3 is 1.75 bits per heavy atom. The largest absolute Gasteiger partial charge is 0.480 e. The normalized spacial score (nSPS) is 11.4. The predicted octanol–water partition coefficient (Wildman–Crippen LogP) is 0.999. The van der Waals surface area contributed by atoms with Gasteiger partial charge in [-0.2, -0.15) is 0 Å². The van der Waals surface area contributed by atoms with E-state index in [-0.39, 0.29) is 23.9 Å². The van der Waals surface area contributed by atoms with Crippen molar-refractivity contribution in [1.29, 1.82) is 0 Å². The van der Waals surface area contributed by atoms with Crippen molar-refractivity contribution in [3.05, 3.63) is 0 Å². The van der Waals surface area contributed by atoms with Crippen LogP contribution in [0.25, 0.3) is 0 Å². The van der Waals surface area contributed by atoms with Crippen LogP contribution >= 0.6 is 0 Å². The number of hydrogen-bond donors (Lipinski definition) is 2. The van der Waals surface area contributed by atoms with Gasteiger partial charge in [0.2, 0.25) is 0 Å². The Morgan fingerprint density at radius 1 is 1.25 bits per heavy atom. The fraction of sp³-hybridized carbons (Fsp3) is 0.727. The number of carbonyl (C=O) groups is 3. The first kappa shape index (κ1) is 17.2. The lowest BCUT2D eigenvalue weighted by molar-refractivity contribution is -0.139. The summed E-state index contributed by atoms with van der Waals surface area (Å²) in [6.45, 7) is 6.73. The molecule has 0 aromatic carbocycles. The molecule has 0 bridgehead atoms. The molecule has 0 radical (unpaired) electrons. The maximum atomic E-state index is 10.4. The van der Waals surface area contributed by atoms with Crippen LogP contribution in [0, 0.1) is 5.92 Å². The van der Waals surface area contributed by atoms with Crippen LogP contribution in [-0.2, 0) is 14.4 Å². The molecular formula is C11H21NO4. The molecule has 0 aliphatic carbocycles. The van der Waals surface area contributed by atoms with Crippen molar-refractivity contribution in [3.8, 4) is 0 Å². The number of rotatable bonds is 5. The molecule has 0 rings (SSSR count). The van der Waals surface area contributed by atoms with E-state index in [9.17, 15) is 14.4 Å². The maximum absolute atomic E-state index is 10.4. The average Bonchev–Trinajstić information content (AvgIpc) is 2.16. The molecular weight excluding hydrogens is 210 g/mol.